The first-order valence-electron chi connectivity index (χ1n) is 10.9. The Morgan fingerprint density at radius 1 is 1.26 bits per heavy atom. The number of fused-ring (bicyclic) bond motifs is 1. The van der Waals surface area contributed by atoms with Crippen LogP contribution in [0.5, 0.6) is 0 Å². The third-order valence-corrected chi connectivity index (χ3v) is 6.39. The third kappa shape index (κ3) is 6.10. The first-order chi connectivity index (χ1) is 15.1. The van der Waals surface area contributed by atoms with Crippen LogP contribution >= 0.6 is 36.4 Å². The molecule has 2 aromatic rings. The minimum Gasteiger partial charge on any atom is -0.367 e. The lowest BCUT2D eigenvalue weighted by atomic mass is 9.85. The summed E-state index contributed by atoms with van der Waals surface area (Å²) < 4.78 is 19.9. The van der Waals surface area contributed by atoms with Crippen LogP contribution in [0.25, 0.3) is 0 Å². The van der Waals surface area contributed by atoms with Crippen LogP contribution in [0.15, 0.2) is 24.5 Å². The molecule has 0 spiro atoms. The van der Waals surface area contributed by atoms with Crippen molar-refractivity contribution in [1.82, 2.24) is 14.9 Å². The monoisotopic (exact) mass is 533 g/mol. The summed E-state index contributed by atoms with van der Waals surface area (Å²) in [4.78, 5) is 26.4. The van der Waals surface area contributed by atoms with E-state index in [2.05, 4.69) is 14.9 Å². The molecule has 7 nitrogen and oxygen atoms in total. The summed E-state index contributed by atoms with van der Waals surface area (Å²) in [6.07, 6.45) is 1.93. The number of amides is 1. The minimum absolute atomic E-state index is 0. The zero-order chi connectivity index (χ0) is 23.0. The smallest absolute Gasteiger partial charge is 0.230 e. The molecule has 3 heterocycles. The van der Waals surface area contributed by atoms with Gasteiger partial charge in [-0.1, -0.05) is 17.7 Å². The second kappa shape index (κ2) is 11.4. The summed E-state index contributed by atoms with van der Waals surface area (Å²) in [5.74, 6) is -0.235. The molecule has 2 atom stereocenters. The van der Waals surface area contributed by atoms with Gasteiger partial charge in [0.05, 0.1) is 29.3 Å². The summed E-state index contributed by atoms with van der Waals surface area (Å²) in [6, 6.07) is 4.55. The van der Waals surface area contributed by atoms with Crippen LogP contribution < -0.4 is 10.6 Å². The van der Waals surface area contributed by atoms with Gasteiger partial charge in [0, 0.05) is 37.3 Å². The highest BCUT2D eigenvalue weighted by molar-refractivity contribution is 6.30. The molecule has 0 saturated carbocycles. The van der Waals surface area contributed by atoms with Crippen LogP contribution in [0, 0.1) is 5.82 Å². The number of carbonyl (C=O) groups is 1. The van der Waals surface area contributed by atoms with Crippen LogP contribution in [-0.2, 0) is 16.1 Å². The van der Waals surface area contributed by atoms with Crippen LogP contribution in [0.3, 0.4) is 0 Å². The number of ether oxygens (including phenoxy) is 1. The normalized spacial score (nSPS) is 18.6. The highest BCUT2D eigenvalue weighted by Gasteiger charge is 2.34. The summed E-state index contributed by atoms with van der Waals surface area (Å²) in [7, 11) is 0. The Morgan fingerprint density at radius 2 is 1.94 bits per heavy atom. The number of nitrogens with two attached hydrogens (primary N) is 1. The number of hydrogen-bond donors (Lipinski definition) is 1. The second-order valence-corrected chi connectivity index (χ2v) is 9.65. The molecule has 0 bridgehead atoms. The lowest BCUT2D eigenvalue weighted by Gasteiger charge is -2.38. The molecular formula is C23H31Cl3FN5O2. The van der Waals surface area contributed by atoms with Crippen molar-refractivity contribution in [3.63, 3.8) is 0 Å². The average Bonchev–Trinajstić information content (AvgIpc) is 3.14. The van der Waals surface area contributed by atoms with Gasteiger partial charge in [-0.3, -0.25) is 4.79 Å². The molecule has 1 aromatic carbocycles. The number of anilines is 1. The van der Waals surface area contributed by atoms with Crippen molar-refractivity contribution < 1.29 is 13.9 Å². The standard InChI is InChI=1S/C23H29ClFN5O2.2ClH/c1-14-20-19(12-32-14)27-13-28-21(20)29-6-8-30(9-7-29)22(31)16(11-23(2,3)26)15-4-5-17(24)18(25)10-15;;/h4-5,10,13-14,16H,6-9,11-12,26H2,1-3H3;2*1H. The minimum atomic E-state index is -0.587. The number of carbonyl (C=O) groups excluding carboxylic acids is 1. The van der Waals surface area contributed by atoms with E-state index in [4.69, 9.17) is 22.1 Å². The molecule has 11 heteroatoms. The summed E-state index contributed by atoms with van der Waals surface area (Å²) in [6.45, 7) is 8.63. The zero-order valence-electron chi connectivity index (χ0n) is 19.5. The number of nitrogens with zero attached hydrogens (tertiary/aromatic N) is 4. The van der Waals surface area contributed by atoms with Crippen molar-refractivity contribution >= 4 is 48.1 Å². The fourth-order valence-corrected chi connectivity index (χ4v) is 4.57. The van der Waals surface area contributed by atoms with Gasteiger partial charge in [-0.15, -0.1) is 24.8 Å². The molecule has 1 amide bonds. The highest BCUT2D eigenvalue weighted by Crippen LogP contribution is 2.36. The van der Waals surface area contributed by atoms with Crippen LogP contribution in [0.1, 0.15) is 56.0 Å². The third-order valence-electron chi connectivity index (χ3n) is 6.09. The van der Waals surface area contributed by atoms with E-state index >= 15 is 0 Å². The Kier molecular flexibility index (Phi) is 9.52. The van der Waals surface area contributed by atoms with Gasteiger partial charge in [-0.05, 0) is 44.9 Å². The Labute approximate surface area is 217 Å². The van der Waals surface area contributed by atoms with E-state index in [1.807, 2.05) is 25.7 Å². The Balaban J connectivity index is 0.00000204. The van der Waals surface area contributed by atoms with Gasteiger partial charge in [0.25, 0.3) is 0 Å². The maximum absolute atomic E-state index is 14.1. The van der Waals surface area contributed by atoms with Crippen molar-refractivity contribution in [3.8, 4) is 0 Å². The fraction of sp³-hybridized carbons (Fsp3) is 0.522. The van der Waals surface area contributed by atoms with Gasteiger partial charge in [-0.25, -0.2) is 14.4 Å². The first kappa shape index (κ1) is 28.5. The van der Waals surface area contributed by atoms with Crippen molar-refractivity contribution in [3.05, 3.63) is 52.2 Å². The average molecular weight is 535 g/mol. The van der Waals surface area contributed by atoms with E-state index in [1.54, 1.807) is 12.4 Å². The Hall–Kier alpha value is -1.71. The topological polar surface area (TPSA) is 84.6 Å². The molecule has 34 heavy (non-hydrogen) atoms. The number of piperazine rings is 1. The number of hydrogen-bond acceptors (Lipinski definition) is 6. The molecule has 2 unspecified atom stereocenters. The van der Waals surface area contributed by atoms with E-state index in [9.17, 15) is 9.18 Å². The Bertz CT molecular complexity index is 1010. The van der Waals surface area contributed by atoms with Crippen LogP contribution in [0.2, 0.25) is 5.02 Å². The lowest BCUT2D eigenvalue weighted by Crippen LogP contribution is -2.51. The van der Waals surface area contributed by atoms with Crippen molar-refractivity contribution in [1.29, 1.82) is 0 Å². The SMILES string of the molecule is CC1OCc2ncnc(N3CCN(C(=O)C(CC(C)(C)N)c4ccc(Cl)c(F)c4)CC3)c21.Cl.Cl. The van der Waals surface area contributed by atoms with Gasteiger partial charge in [0.2, 0.25) is 5.91 Å². The van der Waals surface area contributed by atoms with Crippen molar-refractivity contribution in [2.24, 2.45) is 5.73 Å². The van der Waals surface area contributed by atoms with Gasteiger partial charge in [0.1, 0.15) is 18.0 Å². The Morgan fingerprint density at radius 3 is 2.56 bits per heavy atom. The molecule has 1 aromatic heterocycles. The molecule has 0 aliphatic carbocycles. The van der Waals surface area contributed by atoms with Gasteiger partial charge in [-0.2, -0.15) is 0 Å². The predicted octanol–water partition coefficient (Wildman–Crippen LogP) is 4.26. The van der Waals surface area contributed by atoms with Crippen molar-refractivity contribution in [2.75, 3.05) is 31.1 Å². The summed E-state index contributed by atoms with van der Waals surface area (Å²) in [5, 5.41) is 0.0381. The molecule has 1 fully saturated rings. The van der Waals surface area contributed by atoms with E-state index in [0.29, 0.717) is 44.8 Å². The van der Waals surface area contributed by atoms with E-state index in [-0.39, 0.29) is 41.8 Å². The van der Waals surface area contributed by atoms with Gasteiger partial charge < -0.3 is 20.3 Å². The highest BCUT2D eigenvalue weighted by atomic mass is 35.5. The van der Waals surface area contributed by atoms with E-state index in [0.717, 1.165) is 17.1 Å². The van der Waals surface area contributed by atoms with E-state index < -0.39 is 17.3 Å². The molecule has 2 N–H and O–H groups in total. The lowest BCUT2D eigenvalue weighted by molar-refractivity contribution is -0.133. The fourth-order valence-electron chi connectivity index (χ4n) is 4.45. The van der Waals surface area contributed by atoms with Crippen LogP contribution in [-0.4, -0.2) is 52.5 Å². The quantitative estimate of drug-likeness (QED) is 0.617. The molecule has 2 aliphatic rings. The van der Waals surface area contributed by atoms with Crippen molar-refractivity contribution in [2.45, 2.75) is 51.4 Å². The molecule has 0 radical (unpaired) electrons. The second-order valence-electron chi connectivity index (χ2n) is 9.24. The number of halogens is 4. The summed E-state index contributed by atoms with van der Waals surface area (Å²) in [5.41, 5.74) is 8.22. The molecule has 2 aliphatic heterocycles. The predicted molar refractivity (Wildman–Crippen MR) is 136 cm³/mol. The van der Waals surface area contributed by atoms with Crippen LogP contribution in [0.4, 0.5) is 10.2 Å². The number of aromatic nitrogens is 2. The molecule has 4 rings (SSSR count). The van der Waals surface area contributed by atoms with Gasteiger partial charge in [0.15, 0.2) is 0 Å². The summed E-state index contributed by atoms with van der Waals surface area (Å²) >= 11 is 5.85. The number of rotatable bonds is 5. The zero-order valence-corrected chi connectivity index (χ0v) is 21.9. The van der Waals surface area contributed by atoms with Gasteiger partial charge >= 0.3 is 0 Å². The van der Waals surface area contributed by atoms with E-state index in [1.165, 1.54) is 12.1 Å². The largest absolute Gasteiger partial charge is 0.367 e. The molecule has 188 valence electrons. The number of benzene rings is 1. The molecule has 1 saturated heterocycles. The maximum atomic E-state index is 14.1. The first-order valence-corrected chi connectivity index (χ1v) is 11.2. The molecular weight excluding hydrogens is 504 g/mol. The maximum Gasteiger partial charge on any atom is 0.230 e.